The van der Waals surface area contributed by atoms with Crippen molar-refractivity contribution in [2.24, 2.45) is 0 Å². The standard InChI is InChI=1S/C14H20N2O4/c1-9-5-6-10(15-8-9)11(7-12(17)18)16-13(19)20-14(2,3)4/h5-6,8,11H,7H2,1-4H3,(H,16,19)(H,17,18)/t11-/m0/s1. The van der Waals surface area contributed by atoms with Gasteiger partial charge >= 0.3 is 12.1 Å². The summed E-state index contributed by atoms with van der Waals surface area (Å²) in [6.45, 7) is 7.10. The zero-order valence-corrected chi connectivity index (χ0v) is 12.1. The number of ether oxygens (including phenoxy) is 1. The molecule has 110 valence electrons. The third kappa shape index (κ3) is 5.69. The first-order valence-electron chi connectivity index (χ1n) is 6.31. The number of nitrogens with one attached hydrogen (secondary N) is 1. The molecule has 1 rings (SSSR count). The SMILES string of the molecule is Cc1ccc([C@H](CC(=O)O)NC(=O)OC(C)(C)C)nc1. The highest BCUT2D eigenvalue weighted by Gasteiger charge is 2.23. The maximum atomic E-state index is 11.7. The maximum absolute atomic E-state index is 11.7. The minimum absolute atomic E-state index is 0.255. The van der Waals surface area contributed by atoms with Gasteiger partial charge in [0, 0.05) is 6.20 Å². The Morgan fingerprint density at radius 2 is 2.05 bits per heavy atom. The van der Waals surface area contributed by atoms with Gasteiger partial charge in [-0.1, -0.05) is 6.07 Å². The third-order valence-corrected chi connectivity index (χ3v) is 2.36. The van der Waals surface area contributed by atoms with Crippen molar-refractivity contribution in [3.8, 4) is 0 Å². The molecule has 6 nitrogen and oxygen atoms in total. The Hall–Kier alpha value is -2.11. The van der Waals surface area contributed by atoms with Gasteiger partial charge in [0.1, 0.15) is 5.60 Å². The number of rotatable bonds is 4. The lowest BCUT2D eigenvalue weighted by atomic mass is 10.1. The zero-order valence-electron chi connectivity index (χ0n) is 12.1. The van der Waals surface area contributed by atoms with Crippen molar-refractivity contribution in [2.75, 3.05) is 0 Å². The molecule has 0 radical (unpaired) electrons. The summed E-state index contributed by atoms with van der Waals surface area (Å²) in [5.74, 6) is -1.02. The third-order valence-electron chi connectivity index (χ3n) is 2.36. The Kier molecular flexibility index (Phi) is 5.07. The minimum atomic E-state index is -1.02. The van der Waals surface area contributed by atoms with E-state index in [1.54, 1.807) is 33.0 Å². The van der Waals surface area contributed by atoms with Crippen LogP contribution in [0.2, 0.25) is 0 Å². The summed E-state index contributed by atoms with van der Waals surface area (Å²) in [4.78, 5) is 26.8. The van der Waals surface area contributed by atoms with E-state index in [-0.39, 0.29) is 6.42 Å². The molecule has 1 heterocycles. The molecule has 6 heteroatoms. The molecule has 0 saturated carbocycles. The predicted octanol–water partition coefficient (Wildman–Crippen LogP) is 2.43. The van der Waals surface area contributed by atoms with Crippen LogP contribution in [0.1, 0.15) is 44.5 Å². The van der Waals surface area contributed by atoms with Crippen molar-refractivity contribution in [3.05, 3.63) is 29.6 Å². The summed E-state index contributed by atoms with van der Waals surface area (Å²) in [6.07, 6.45) is 0.710. The van der Waals surface area contributed by atoms with E-state index < -0.39 is 23.7 Å². The van der Waals surface area contributed by atoms with Gasteiger partial charge in [0.2, 0.25) is 0 Å². The van der Waals surface area contributed by atoms with Crippen LogP contribution in [-0.4, -0.2) is 27.8 Å². The quantitative estimate of drug-likeness (QED) is 0.884. The van der Waals surface area contributed by atoms with Gasteiger partial charge in [-0.15, -0.1) is 0 Å². The summed E-state index contributed by atoms with van der Waals surface area (Å²) in [7, 11) is 0. The second kappa shape index (κ2) is 6.36. The van der Waals surface area contributed by atoms with E-state index in [2.05, 4.69) is 10.3 Å². The van der Waals surface area contributed by atoms with Gasteiger partial charge in [-0.3, -0.25) is 9.78 Å². The molecule has 0 fully saturated rings. The molecular weight excluding hydrogens is 260 g/mol. The van der Waals surface area contributed by atoms with Gasteiger partial charge in [0.25, 0.3) is 0 Å². The Bertz CT molecular complexity index is 477. The summed E-state index contributed by atoms with van der Waals surface area (Å²) in [5.41, 5.74) is 0.808. The van der Waals surface area contributed by atoms with Crippen LogP contribution in [-0.2, 0) is 9.53 Å². The summed E-state index contributed by atoms with van der Waals surface area (Å²) < 4.78 is 5.12. The fourth-order valence-corrected chi connectivity index (χ4v) is 1.54. The number of nitrogens with zero attached hydrogens (tertiary/aromatic N) is 1. The fraction of sp³-hybridized carbons (Fsp3) is 0.500. The average Bonchev–Trinajstić information content (AvgIpc) is 2.25. The predicted molar refractivity (Wildman–Crippen MR) is 73.3 cm³/mol. The summed E-state index contributed by atoms with van der Waals surface area (Å²) in [5, 5.41) is 11.5. The Morgan fingerprint density at radius 3 is 2.50 bits per heavy atom. The lowest BCUT2D eigenvalue weighted by Gasteiger charge is -2.22. The van der Waals surface area contributed by atoms with Crippen molar-refractivity contribution < 1.29 is 19.4 Å². The first-order chi connectivity index (χ1) is 9.17. The van der Waals surface area contributed by atoms with E-state index in [4.69, 9.17) is 9.84 Å². The summed E-state index contributed by atoms with van der Waals surface area (Å²) in [6, 6.07) is 2.79. The number of hydrogen-bond donors (Lipinski definition) is 2. The van der Waals surface area contributed by atoms with Gasteiger partial charge in [-0.25, -0.2) is 4.79 Å². The number of aliphatic carboxylic acids is 1. The van der Waals surface area contributed by atoms with E-state index in [0.717, 1.165) is 5.56 Å². The molecule has 0 saturated heterocycles. The van der Waals surface area contributed by atoms with Gasteiger partial charge in [0.05, 0.1) is 18.2 Å². The monoisotopic (exact) mass is 280 g/mol. The van der Waals surface area contributed by atoms with Crippen LogP contribution < -0.4 is 5.32 Å². The maximum Gasteiger partial charge on any atom is 0.408 e. The molecule has 0 aliphatic heterocycles. The highest BCUT2D eigenvalue weighted by Crippen LogP contribution is 2.16. The molecule has 1 aromatic heterocycles. The van der Waals surface area contributed by atoms with Crippen molar-refractivity contribution in [2.45, 2.75) is 45.8 Å². The van der Waals surface area contributed by atoms with E-state index in [9.17, 15) is 9.59 Å². The van der Waals surface area contributed by atoms with Crippen LogP contribution in [0.25, 0.3) is 0 Å². The number of aryl methyl sites for hydroxylation is 1. The van der Waals surface area contributed by atoms with E-state index in [1.165, 1.54) is 0 Å². The molecule has 0 unspecified atom stereocenters. The zero-order chi connectivity index (χ0) is 15.3. The normalized spacial score (nSPS) is 12.6. The first kappa shape index (κ1) is 15.9. The van der Waals surface area contributed by atoms with E-state index >= 15 is 0 Å². The summed E-state index contributed by atoms with van der Waals surface area (Å²) >= 11 is 0. The van der Waals surface area contributed by atoms with Crippen LogP contribution in [0, 0.1) is 6.92 Å². The van der Waals surface area contributed by atoms with Crippen LogP contribution >= 0.6 is 0 Å². The number of pyridine rings is 1. The largest absolute Gasteiger partial charge is 0.481 e. The van der Waals surface area contributed by atoms with Crippen LogP contribution in [0.15, 0.2) is 18.3 Å². The molecule has 20 heavy (non-hydrogen) atoms. The van der Waals surface area contributed by atoms with Crippen molar-refractivity contribution in [1.29, 1.82) is 0 Å². The second-order valence-corrected chi connectivity index (χ2v) is 5.56. The molecule has 1 atom stereocenters. The second-order valence-electron chi connectivity index (χ2n) is 5.56. The molecule has 2 N–H and O–H groups in total. The van der Waals surface area contributed by atoms with Gasteiger partial charge < -0.3 is 15.2 Å². The van der Waals surface area contributed by atoms with Crippen LogP contribution in [0.3, 0.4) is 0 Å². The topological polar surface area (TPSA) is 88.5 Å². The number of carboxylic acid groups (broad SMARTS) is 1. The van der Waals surface area contributed by atoms with Crippen molar-refractivity contribution in [3.63, 3.8) is 0 Å². The van der Waals surface area contributed by atoms with Gasteiger partial charge in [-0.2, -0.15) is 0 Å². The Morgan fingerprint density at radius 1 is 1.40 bits per heavy atom. The minimum Gasteiger partial charge on any atom is -0.481 e. The number of amides is 1. The molecule has 1 aromatic rings. The number of carbonyl (C=O) groups excluding carboxylic acids is 1. The fourth-order valence-electron chi connectivity index (χ4n) is 1.54. The number of carbonyl (C=O) groups is 2. The van der Waals surface area contributed by atoms with Gasteiger partial charge in [0.15, 0.2) is 0 Å². The molecule has 0 aliphatic carbocycles. The molecule has 0 aromatic carbocycles. The van der Waals surface area contributed by atoms with Crippen molar-refractivity contribution >= 4 is 12.1 Å². The number of hydrogen-bond acceptors (Lipinski definition) is 4. The Balaban J connectivity index is 2.82. The van der Waals surface area contributed by atoms with E-state index in [0.29, 0.717) is 5.69 Å². The van der Waals surface area contributed by atoms with E-state index in [1.807, 2.05) is 13.0 Å². The molecule has 0 bridgehead atoms. The molecular formula is C14H20N2O4. The first-order valence-corrected chi connectivity index (χ1v) is 6.31. The number of alkyl carbamates (subject to hydrolysis) is 1. The van der Waals surface area contributed by atoms with Crippen LogP contribution in [0.5, 0.6) is 0 Å². The average molecular weight is 280 g/mol. The Labute approximate surface area is 118 Å². The highest BCUT2D eigenvalue weighted by atomic mass is 16.6. The molecule has 1 amide bonds. The molecule has 0 spiro atoms. The smallest absolute Gasteiger partial charge is 0.408 e. The highest BCUT2D eigenvalue weighted by molar-refractivity contribution is 5.72. The lowest BCUT2D eigenvalue weighted by molar-refractivity contribution is -0.137. The van der Waals surface area contributed by atoms with Crippen LogP contribution in [0.4, 0.5) is 4.79 Å². The lowest BCUT2D eigenvalue weighted by Crippen LogP contribution is -2.36. The van der Waals surface area contributed by atoms with Crippen molar-refractivity contribution in [1.82, 2.24) is 10.3 Å². The van der Waals surface area contributed by atoms with Gasteiger partial charge in [-0.05, 0) is 39.3 Å². The number of aromatic nitrogens is 1. The molecule has 0 aliphatic rings. The number of carboxylic acids is 1.